The Morgan fingerprint density at radius 2 is 1.62 bits per heavy atom. The average Bonchev–Trinajstić information content (AvgIpc) is 2.15. The maximum atomic E-state index is 11.8. The van der Waals surface area contributed by atoms with Crippen molar-refractivity contribution in [2.24, 2.45) is 0 Å². The van der Waals surface area contributed by atoms with Gasteiger partial charge in [0.2, 0.25) is 0 Å². The number of carbonyl (C=O) groups is 1. The van der Waals surface area contributed by atoms with Crippen molar-refractivity contribution in [2.75, 3.05) is 6.61 Å². The third-order valence-corrected chi connectivity index (χ3v) is 4.29. The van der Waals surface area contributed by atoms with E-state index < -0.39 is 18.7 Å². The van der Waals surface area contributed by atoms with Crippen LogP contribution < -0.4 is 0 Å². The molecule has 0 atom stereocenters. The van der Waals surface area contributed by atoms with E-state index in [0.717, 1.165) is 0 Å². The Morgan fingerprint density at radius 3 is 1.88 bits per heavy atom. The van der Waals surface area contributed by atoms with Crippen LogP contribution in [0.15, 0.2) is 0 Å². The molecule has 0 aromatic rings. The Kier molecular flexibility index (Phi) is 6.23. The predicted molar refractivity (Wildman–Crippen MR) is 61.2 cm³/mol. The summed E-state index contributed by atoms with van der Waals surface area (Å²) < 4.78 is 16.4. The zero-order valence-electron chi connectivity index (χ0n) is 10.1. The highest BCUT2D eigenvalue weighted by molar-refractivity contribution is 7.54. The lowest BCUT2D eigenvalue weighted by Gasteiger charge is -2.31. The molecule has 0 bridgehead atoms. The topological polar surface area (TPSA) is 83.8 Å². The van der Waals surface area contributed by atoms with Gasteiger partial charge in [-0.25, -0.2) is 0 Å². The van der Waals surface area contributed by atoms with Crippen LogP contribution in [0.2, 0.25) is 0 Å². The number of ether oxygens (including phenoxy) is 1. The van der Waals surface area contributed by atoms with E-state index in [1.807, 2.05) is 0 Å². The van der Waals surface area contributed by atoms with Crippen molar-refractivity contribution in [3.8, 4) is 0 Å². The van der Waals surface area contributed by atoms with Crippen molar-refractivity contribution in [2.45, 2.75) is 51.6 Å². The number of rotatable bonds is 7. The molecule has 0 unspecified atom stereocenters. The van der Waals surface area contributed by atoms with E-state index in [9.17, 15) is 19.1 Å². The summed E-state index contributed by atoms with van der Waals surface area (Å²) in [5, 5.41) is -1.65. The lowest BCUT2D eigenvalue weighted by molar-refractivity contribution is -0.147. The van der Waals surface area contributed by atoms with Crippen molar-refractivity contribution < 1.29 is 23.9 Å². The van der Waals surface area contributed by atoms with Crippen LogP contribution in [0.1, 0.15) is 46.5 Å². The van der Waals surface area contributed by atoms with Crippen LogP contribution in [0, 0.1) is 0 Å². The van der Waals surface area contributed by atoms with Crippen LogP contribution in [-0.2, 0) is 14.1 Å². The van der Waals surface area contributed by atoms with Gasteiger partial charge in [-0.1, -0.05) is 26.7 Å². The summed E-state index contributed by atoms with van der Waals surface area (Å²) in [6.45, 7) is 5.34. The highest BCUT2D eigenvalue weighted by Crippen LogP contribution is 2.56. The molecule has 0 aromatic carbocycles. The minimum absolute atomic E-state index is 0.133. The fourth-order valence-electron chi connectivity index (χ4n) is 1.83. The molecule has 0 fully saturated rings. The molecule has 0 saturated carbocycles. The molecule has 0 aliphatic carbocycles. The molecular weight excluding hydrogens is 231 g/mol. The standard InChI is InChI=1S/C10H21O5P/c1-4-7-10(8-5-2,16(12,13)14)9(11)15-6-3/h4-8H2,1-3H3,(H2,12,13,14). The summed E-state index contributed by atoms with van der Waals surface area (Å²) in [5.74, 6) is -0.771. The van der Waals surface area contributed by atoms with Gasteiger partial charge in [0.1, 0.15) is 0 Å². The highest BCUT2D eigenvalue weighted by Gasteiger charge is 2.53. The molecule has 6 heteroatoms. The molecule has 2 N–H and O–H groups in total. The normalized spacial score (nSPS) is 12.6. The second-order valence-electron chi connectivity index (χ2n) is 3.80. The second-order valence-corrected chi connectivity index (χ2v) is 5.74. The first kappa shape index (κ1) is 15.6. The van der Waals surface area contributed by atoms with Crippen molar-refractivity contribution >= 4 is 13.6 Å². The molecule has 0 aliphatic rings. The van der Waals surface area contributed by atoms with Crippen LogP contribution in [0.25, 0.3) is 0 Å². The van der Waals surface area contributed by atoms with Crippen LogP contribution in [0.3, 0.4) is 0 Å². The van der Waals surface area contributed by atoms with Gasteiger partial charge in [-0.3, -0.25) is 9.36 Å². The predicted octanol–water partition coefficient (Wildman–Crippen LogP) is 2.07. The van der Waals surface area contributed by atoms with Gasteiger partial charge in [-0.15, -0.1) is 0 Å². The summed E-state index contributed by atoms with van der Waals surface area (Å²) in [6, 6.07) is 0. The molecule has 96 valence electrons. The van der Waals surface area contributed by atoms with E-state index >= 15 is 0 Å². The Labute approximate surface area is 96.4 Å². The summed E-state index contributed by atoms with van der Waals surface area (Å²) in [6.07, 6.45) is 1.38. The highest BCUT2D eigenvalue weighted by atomic mass is 31.2. The first-order chi connectivity index (χ1) is 7.35. The Morgan fingerprint density at radius 1 is 1.19 bits per heavy atom. The van der Waals surface area contributed by atoms with Gasteiger partial charge < -0.3 is 14.5 Å². The monoisotopic (exact) mass is 252 g/mol. The van der Waals surface area contributed by atoms with Gasteiger partial charge in [-0.05, 0) is 19.8 Å². The number of hydrogen-bond acceptors (Lipinski definition) is 3. The number of esters is 1. The van der Waals surface area contributed by atoms with E-state index in [4.69, 9.17) is 4.74 Å². The third-order valence-electron chi connectivity index (χ3n) is 2.54. The fourth-order valence-corrected chi connectivity index (χ4v) is 3.16. The number of hydrogen-bond donors (Lipinski definition) is 2. The first-order valence-electron chi connectivity index (χ1n) is 5.58. The van der Waals surface area contributed by atoms with Crippen LogP contribution in [0.5, 0.6) is 0 Å². The minimum Gasteiger partial charge on any atom is -0.465 e. The summed E-state index contributed by atoms with van der Waals surface area (Å²) in [7, 11) is -4.50. The lowest BCUT2D eigenvalue weighted by Crippen LogP contribution is -2.40. The van der Waals surface area contributed by atoms with E-state index in [0.29, 0.717) is 12.8 Å². The Bertz CT molecular complexity index is 264. The van der Waals surface area contributed by atoms with Crippen molar-refractivity contribution in [3.63, 3.8) is 0 Å². The van der Waals surface area contributed by atoms with Crippen LogP contribution in [-0.4, -0.2) is 27.5 Å². The van der Waals surface area contributed by atoms with Crippen molar-refractivity contribution in [1.29, 1.82) is 0 Å². The van der Waals surface area contributed by atoms with Crippen molar-refractivity contribution in [3.05, 3.63) is 0 Å². The van der Waals surface area contributed by atoms with Gasteiger partial charge in [0.25, 0.3) is 0 Å². The molecule has 16 heavy (non-hydrogen) atoms. The lowest BCUT2D eigenvalue weighted by atomic mass is 9.97. The maximum absolute atomic E-state index is 11.8. The molecular formula is C10H21O5P. The van der Waals surface area contributed by atoms with Crippen LogP contribution in [0.4, 0.5) is 0 Å². The SMILES string of the molecule is CCCC(CCC)(C(=O)OCC)P(=O)(O)O. The van der Waals surface area contributed by atoms with Crippen LogP contribution >= 0.6 is 7.60 Å². The fraction of sp³-hybridized carbons (Fsp3) is 0.900. The molecule has 0 spiro atoms. The zero-order chi connectivity index (χ0) is 12.8. The minimum atomic E-state index is -4.50. The molecule has 0 radical (unpaired) electrons. The smallest absolute Gasteiger partial charge is 0.342 e. The van der Waals surface area contributed by atoms with Gasteiger partial charge in [0, 0.05) is 0 Å². The van der Waals surface area contributed by atoms with Gasteiger partial charge in [0.05, 0.1) is 6.61 Å². The molecule has 0 saturated heterocycles. The molecule has 0 rings (SSSR count). The average molecular weight is 252 g/mol. The summed E-state index contributed by atoms with van der Waals surface area (Å²) in [5.41, 5.74) is 0. The van der Waals surface area contributed by atoms with E-state index in [-0.39, 0.29) is 19.4 Å². The molecule has 5 nitrogen and oxygen atoms in total. The quantitative estimate of drug-likeness (QED) is 0.535. The first-order valence-corrected chi connectivity index (χ1v) is 7.19. The van der Waals surface area contributed by atoms with Gasteiger partial charge in [-0.2, -0.15) is 0 Å². The van der Waals surface area contributed by atoms with E-state index in [1.165, 1.54) is 0 Å². The maximum Gasteiger partial charge on any atom is 0.342 e. The number of carbonyl (C=O) groups excluding carboxylic acids is 1. The van der Waals surface area contributed by atoms with E-state index in [2.05, 4.69) is 0 Å². The van der Waals surface area contributed by atoms with Gasteiger partial charge in [0.15, 0.2) is 5.16 Å². The van der Waals surface area contributed by atoms with E-state index in [1.54, 1.807) is 20.8 Å². The summed E-state index contributed by atoms with van der Waals surface area (Å²) in [4.78, 5) is 30.6. The molecule has 0 heterocycles. The molecule has 0 aliphatic heterocycles. The third kappa shape index (κ3) is 3.30. The Hall–Kier alpha value is -0.380. The second kappa shape index (κ2) is 6.38. The molecule has 0 aromatic heterocycles. The molecule has 0 amide bonds. The summed E-state index contributed by atoms with van der Waals surface area (Å²) >= 11 is 0. The Balaban J connectivity index is 5.25. The van der Waals surface area contributed by atoms with Gasteiger partial charge >= 0.3 is 13.6 Å². The zero-order valence-corrected chi connectivity index (χ0v) is 11.0. The van der Waals surface area contributed by atoms with Crippen molar-refractivity contribution in [1.82, 2.24) is 0 Å². The largest absolute Gasteiger partial charge is 0.465 e.